The standard InChI is InChI=1S/C23H32N2O/c1-3-5-6-7-18-8-10-19(11-9-18)22-16-17-23(25-24-22)20-12-14-21(15-13-20)26-4-2/h12-19H,3-11H2,1-2H3/t18-,19-. The summed E-state index contributed by atoms with van der Waals surface area (Å²) < 4.78 is 5.50. The van der Waals surface area contributed by atoms with Gasteiger partial charge in [0.15, 0.2) is 0 Å². The zero-order valence-electron chi connectivity index (χ0n) is 16.3. The van der Waals surface area contributed by atoms with Crippen molar-refractivity contribution >= 4 is 0 Å². The van der Waals surface area contributed by atoms with Crippen LogP contribution < -0.4 is 4.74 Å². The van der Waals surface area contributed by atoms with Crippen molar-refractivity contribution in [1.29, 1.82) is 0 Å². The molecule has 1 aliphatic carbocycles. The first kappa shape index (κ1) is 18.9. The van der Waals surface area contributed by atoms with Gasteiger partial charge in [0.25, 0.3) is 0 Å². The number of aromatic nitrogens is 2. The van der Waals surface area contributed by atoms with E-state index in [0.717, 1.165) is 22.9 Å². The molecular weight excluding hydrogens is 320 g/mol. The van der Waals surface area contributed by atoms with E-state index in [1.54, 1.807) is 0 Å². The van der Waals surface area contributed by atoms with Crippen LogP contribution in [0.15, 0.2) is 36.4 Å². The highest BCUT2D eigenvalue weighted by atomic mass is 16.5. The third-order valence-electron chi connectivity index (χ3n) is 5.63. The number of benzene rings is 1. The second-order valence-electron chi connectivity index (χ2n) is 7.51. The molecule has 0 spiro atoms. The molecule has 0 atom stereocenters. The van der Waals surface area contributed by atoms with Crippen LogP contribution >= 0.6 is 0 Å². The summed E-state index contributed by atoms with van der Waals surface area (Å²) in [6.07, 6.45) is 10.8. The third kappa shape index (κ3) is 5.06. The van der Waals surface area contributed by atoms with Crippen molar-refractivity contribution in [2.45, 2.75) is 71.1 Å². The van der Waals surface area contributed by atoms with Crippen LogP contribution in [0.2, 0.25) is 0 Å². The molecule has 1 heterocycles. The van der Waals surface area contributed by atoms with Gasteiger partial charge in [-0.2, -0.15) is 10.2 Å². The summed E-state index contributed by atoms with van der Waals surface area (Å²) in [6.45, 7) is 4.97. The van der Waals surface area contributed by atoms with Crippen LogP contribution in [0, 0.1) is 5.92 Å². The average Bonchev–Trinajstić information content (AvgIpc) is 2.70. The van der Waals surface area contributed by atoms with Crippen molar-refractivity contribution in [2.24, 2.45) is 5.92 Å². The second kappa shape index (κ2) is 9.70. The Labute approximate surface area is 158 Å². The van der Waals surface area contributed by atoms with Gasteiger partial charge >= 0.3 is 0 Å². The molecule has 0 radical (unpaired) electrons. The molecule has 3 nitrogen and oxygen atoms in total. The van der Waals surface area contributed by atoms with Gasteiger partial charge in [0.1, 0.15) is 5.75 Å². The number of hydrogen-bond donors (Lipinski definition) is 0. The summed E-state index contributed by atoms with van der Waals surface area (Å²) >= 11 is 0. The Kier molecular flexibility index (Phi) is 7.04. The van der Waals surface area contributed by atoms with E-state index in [-0.39, 0.29) is 0 Å². The van der Waals surface area contributed by atoms with Crippen molar-refractivity contribution in [1.82, 2.24) is 10.2 Å². The van der Waals surface area contributed by atoms with Gasteiger partial charge in [-0.25, -0.2) is 0 Å². The molecule has 1 aromatic heterocycles. The van der Waals surface area contributed by atoms with Gasteiger partial charge in [0.05, 0.1) is 18.0 Å². The van der Waals surface area contributed by atoms with Crippen LogP contribution in [-0.2, 0) is 0 Å². The van der Waals surface area contributed by atoms with Crippen LogP contribution in [0.5, 0.6) is 5.75 Å². The summed E-state index contributed by atoms with van der Waals surface area (Å²) in [7, 11) is 0. The first-order valence-electron chi connectivity index (χ1n) is 10.4. The highest BCUT2D eigenvalue weighted by Gasteiger charge is 2.23. The molecule has 1 aromatic carbocycles. The van der Waals surface area contributed by atoms with Crippen molar-refractivity contribution in [3.8, 4) is 17.0 Å². The smallest absolute Gasteiger partial charge is 0.119 e. The number of hydrogen-bond acceptors (Lipinski definition) is 3. The zero-order chi connectivity index (χ0) is 18.2. The Morgan fingerprint density at radius 3 is 2.27 bits per heavy atom. The fourth-order valence-corrected chi connectivity index (χ4v) is 4.03. The minimum absolute atomic E-state index is 0.597. The van der Waals surface area contributed by atoms with E-state index in [2.05, 4.69) is 41.4 Å². The maximum Gasteiger partial charge on any atom is 0.119 e. The van der Waals surface area contributed by atoms with Crippen molar-refractivity contribution in [3.05, 3.63) is 42.1 Å². The summed E-state index contributed by atoms with van der Waals surface area (Å²) in [4.78, 5) is 0. The quantitative estimate of drug-likeness (QED) is 0.516. The van der Waals surface area contributed by atoms with Crippen LogP contribution in [0.4, 0.5) is 0 Å². The molecule has 3 rings (SSSR count). The molecule has 2 aromatic rings. The molecule has 1 aliphatic rings. The maximum absolute atomic E-state index is 5.50. The summed E-state index contributed by atoms with van der Waals surface area (Å²) in [5.41, 5.74) is 3.20. The van der Waals surface area contributed by atoms with Gasteiger partial charge in [-0.1, -0.05) is 32.6 Å². The lowest BCUT2D eigenvalue weighted by atomic mass is 9.78. The van der Waals surface area contributed by atoms with Crippen molar-refractivity contribution < 1.29 is 4.74 Å². The molecular formula is C23H32N2O. The van der Waals surface area contributed by atoms with E-state index in [1.807, 2.05) is 19.1 Å². The first-order chi connectivity index (χ1) is 12.8. The molecule has 0 amide bonds. The highest BCUT2D eigenvalue weighted by Crippen LogP contribution is 2.37. The largest absolute Gasteiger partial charge is 0.494 e. The average molecular weight is 353 g/mol. The molecule has 0 aliphatic heterocycles. The fourth-order valence-electron chi connectivity index (χ4n) is 4.03. The van der Waals surface area contributed by atoms with Gasteiger partial charge in [0.2, 0.25) is 0 Å². The third-order valence-corrected chi connectivity index (χ3v) is 5.63. The number of ether oxygens (including phenoxy) is 1. The lowest BCUT2D eigenvalue weighted by molar-refractivity contribution is 0.299. The molecule has 1 fully saturated rings. The van der Waals surface area contributed by atoms with E-state index in [1.165, 1.54) is 57.1 Å². The van der Waals surface area contributed by atoms with Crippen molar-refractivity contribution in [2.75, 3.05) is 6.61 Å². The Morgan fingerprint density at radius 1 is 0.885 bits per heavy atom. The molecule has 140 valence electrons. The van der Waals surface area contributed by atoms with Crippen LogP contribution in [0.1, 0.15) is 76.8 Å². The molecule has 1 saturated carbocycles. The van der Waals surface area contributed by atoms with Crippen LogP contribution in [0.3, 0.4) is 0 Å². The highest BCUT2D eigenvalue weighted by molar-refractivity contribution is 5.59. The van der Waals surface area contributed by atoms with Crippen LogP contribution in [-0.4, -0.2) is 16.8 Å². The van der Waals surface area contributed by atoms with Gasteiger partial charge in [-0.05, 0) is 74.9 Å². The fraction of sp³-hybridized carbons (Fsp3) is 0.565. The minimum Gasteiger partial charge on any atom is -0.494 e. The van der Waals surface area contributed by atoms with Gasteiger partial charge in [0, 0.05) is 11.5 Å². The normalized spacial score (nSPS) is 20.1. The second-order valence-corrected chi connectivity index (χ2v) is 7.51. The topological polar surface area (TPSA) is 35.0 Å². The van der Waals surface area contributed by atoms with Gasteiger partial charge in [-0.3, -0.25) is 0 Å². The summed E-state index contributed by atoms with van der Waals surface area (Å²) in [6, 6.07) is 12.4. The molecule has 0 saturated heterocycles. The Balaban J connectivity index is 1.55. The lowest BCUT2D eigenvalue weighted by Gasteiger charge is -2.28. The van der Waals surface area contributed by atoms with E-state index in [4.69, 9.17) is 4.74 Å². The Hall–Kier alpha value is -1.90. The van der Waals surface area contributed by atoms with Gasteiger partial charge < -0.3 is 4.74 Å². The number of unbranched alkanes of at least 4 members (excludes halogenated alkanes) is 2. The predicted octanol–water partition coefficient (Wildman–Crippen LogP) is 6.40. The Bertz CT molecular complexity index is 643. The van der Waals surface area contributed by atoms with E-state index >= 15 is 0 Å². The minimum atomic E-state index is 0.597. The molecule has 3 heteroatoms. The Morgan fingerprint density at radius 2 is 1.65 bits per heavy atom. The van der Waals surface area contributed by atoms with Gasteiger partial charge in [-0.15, -0.1) is 0 Å². The molecule has 0 N–H and O–H groups in total. The maximum atomic E-state index is 5.50. The van der Waals surface area contributed by atoms with Crippen LogP contribution in [0.25, 0.3) is 11.3 Å². The molecule has 0 bridgehead atoms. The van der Waals surface area contributed by atoms with E-state index < -0.39 is 0 Å². The molecule has 0 unspecified atom stereocenters. The first-order valence-corrected chi connectivity index (χ1v) is 10.4. The summed E-state index contributed by atoms with van der Waals surface area (Å²) in [5.74, 6) is 2.43. The number of nitrogens with zero attached hydrogens (tertiary/aromatic N) is 2. The monoisotopic (exact) mass is 352 g/mol. The molecule has 26 heavy (non-hydrogen) atoms. The SMILES string of the molecule is CCCCC[C@H]1CC[C@H](c2ccc(-c3ccc(OCC)cc3)nn2)CC1. The predicted molar refractivity (Wildman–Crippen MR) is 107 cm³/mol. The number of rotatable bonds is 8. The van der Waals surface area contributed by atoms with E-state index in [0.29, 0.717) is 12.5 Å². The van der Waals surface area contributed by atoms with E-state index in [9.17, 15) is 0 Å². The summed E-state index contributed by atoms with van der Waals surface area (Å²) in [5, 5.41) is 9.05. The van der Waals surface area contributed by atoms with Crippen molar-refractivity contribution in [3.63, 3.8) is 0 Å². The lowest BCUT2D eigenvalue weighted by Crippen LogP contribution is -2.14. The zero-order valence-corrected chi connectivity index (χ0v) is 16.3.